The van der Waals surface area contributed by atoms with Crippen LogP contribution in [0, 0.1) is 6.92 Å². The highest BCUT2D eigenvalue weighted by Gasteiger charge is 2.17. The van der Waals surface area contributed by atoms with Gasteiger partial charge in [-0.25, -0.2) is 9.67 Å². The van der Waals surface area contributed by atoms with Gasteiger partial charge < -0.3 is 4.74 Å². The summed E-state index contributed by atoms with van der Waals surface area (Å²) >= 11 is 3.23. The van der Waals surface area contributed by atoms with Crippen molar-refractivity contribution in [1.29, 1.82) is 0 Å². The van der Waals surface area contributed by atoms with E-state index < -0.39 is 0 Å². The highest BCUT2D eigenvalue weighted by atomic mass is 32.1. The van der Waals surface area contributed by atoms with Gasteiger partial charge in [0.1, 0.15) is 5.01 Å². The average Bonchev–Trinajstić information content (AvgIpc) is 3.41. The van der Waals surface area contributed by atoms with Crippen LogP contribution in [0.2, 0.25) is 0 Å². The van der Waals surface area contributed by atoms with E-state index >= 15 is 0 Å². The Balaban J connectivity index is 1.51. The van der Waals surface area contributed by atoms with Crippen molar-refractivity contribution in [2.24, 2.45) is 0 Å². The van der Waals surface area contributed by atoms with Crippen LogP contribution in [0.25, 0.3) is 31.4 Å². The van der Waals surface area contributed by atoms with Gasteiger partial charge >= 0.3 is 5.97 Å². The smallest absolute Gasteiger partial charge is 0.311 e. The summed E-state index contributed by atoms with van der Waals surface area (Å²) in [5.41, 5.74) is 2.45. The monoisotopic (exact) mass is 475 g/mol. The molecule has 0 fully saturated rings. The third kappa shape index (κ3) is 4.07. The van der Waals surface area contributed by atoms with E-state index in [1.54, 1.807) is 24.3 Å². The lowest BCUT2D eigenvalue weighted by molar-refractivity contribution is -0.142. The molecular formula is C25H21N3O3S2. The number of hydrogen-bond donors (Lipinski definition) is 0. The second-order valence-corrected chi connectivity index (χ2v) is 9.61. The molecule has 0 aliphatic rings. The molecule has 0 aliphatic carbocycles. The lowest BCUT2D eigenvalue weighted by atomic mass is 10.1. The lowest BCUT2D eigenvalue weighted by Crippen LogP contribution is -2.26. The van der Waals surface area contributed by atoms with E-state index in [1.165, 1.54) is 31.7 Å². The Morgan fingerprint density at radius 1 is 1.06 bits per heavy atom. The van der Waals surface area contributed by atoms with Crippen LogP contribution in [0.1, 0.15) is 23.2 Å². The van der Waals surface area contributed by atoms with Gasteiger partial charge in [0.25, 0.3) is 5.56 Å². The van der Waals surface area contributed by atoms with Gasteiger partial charge in [-0.1, -0.05) is 36.4 Å². The SMILES string of the molecule is CCOC(=O)Cc1nn(Cc2nc(-c3sc4ccccc4c3C)cs2)c(=O)c2ccccc12. The zero-order chi connectivity index (χ0) is 22.9. The van der Waals surface area contributed by atoms with Crippen LogP contribution < -0.4 is 5.56 Å². The van der Waals surface area contributed by atoms with Gasteiger partial charge in [0.05, 0.1) is 41.2 Å². The van der Waals surface area contributed by atoms with Gasteiger partial charge in [0, 0.05) is 15.5 Å². The summed E-state index contributed by atoms with van der Waals surface area (Å²) in [6.45, 7) is 4.43. The summed E-state index contributed by atoms with van der Waals surface area (Å²) in [7, 11) is 0. The van der Waals surface area contributed by atoms with E-state index in [0.29, 0.717) is 23.1 Å². The van der Waals surface area contributed by atoms with E-state index in [4.69, 9.17) is 9.72 Å². The standard InChI is InChI=1S/C25H21N3O3S2/c1-3-31-23(29)12-19-17-9-4-5-10-18(17)25(30)28(27-19)13-22-26-20(14-32-22)24-15(2)16-8-6-7-11-21(16)33-24/h4-11,14H,3,12-13H2,1-2H3. The van der Waals surface area contributed by atoms with Gasteiger partial charge in [0.2, 0.25) is 0 Å². The fourth-order valence-electron chi connectivity index (χ4n) is 3.93. The van der Waals surface area contributed by atoms with Gasteiger partial charge in [-0.2, -0.15) is 5.10 Å². The number of ether oxygens (including phenoxy) is 1. The number of fused-ring (bicyclic) bond motifs is 2. The number of thiophene rings is 1. The quantitative estimate of drug-likeness (QED) is 0.316. The molecule has 0 saturated heterocycles. The summed E-state index contributed by atoms with van der Waals surface area (Å²) < 4.78 is 7.73. The molecule has 6 nitrogen and oxygen atoms in total. The Labute approximate surface area is 198 Å². The van der Waals surface area contributed by atoms with Crippen LogP contribution in [-0.4, -0.2) is 27.3 Å². The van der Waals surface area contributed by atoms with Crippen molar-refractivity contribution < 1.29 is 9.53 Å². The molecule has 5 rings (SSSR count). The molecule has 2 aromatic carbocycles. The zero-order valence-corrected chi connectivity index (χ0v) is 19.8. The minimum Gasteiger partial charge on any atom is -0.466 e. The van der Waals surface area contributed by atoms with Crippen molar-refractivity contribution in [3.63, 3.8) is 0 Å². The maximum absolute atomic E-state index is 13.1. The van der Waals surface area contributed by atoms with Crippen molar-refractivity contribution >= 4 is 49.5 Å². The molecule has 0 N–H and O–H groups in total. The Morgan fingerprint density at radius 3 is 2.55 bits per heavy atom. The Kier molecular flexibility index (Phi) is 5.78. The first kappa shape index (κ1) is 21.5. The number of nitrogens with zero attached hydrogens (tertiary/aromatic N) is 3. The highest BCUT2D eigenvalue weighted by molar-refractivity contribution is 7.22. The Hall–Kier alpha value is -3.36. The zero-order valence-electron chi connectivity index (χ0n) is 18.2. The van der Waals surface area contributed by atoms with Crippen molar-refractivity contribution in [2.75, 3.05) is 6.61 Å². The second kappa shape index (κ2) is 8.88. The molecule has 166 valence electrons. The number of esters is 1. The highest BCUT2D eigenvalue weighted by Crippen LogP contribution is 2.38. The number of rotatable bonds is 6. The van der Waals surface area contributed by atoms with E-state index in [1.807, 2.05) is 35.7 Å². The van der Waals surface area contributed by atoms with Crippen LogP contribution in [0.15, 0.2) is 58.7 Å². The molecule has 0 saturated carbocycles. The lowest BCUT2D eigenvalue weighted by Gasteiger charge is -2.10. The second-order valence-electron chi connectivity index (χ2n) is 7.62. The molecular weight excluding hydrogens is 454 g/mol. The Bertz CT molecular complexity index is 1550. The maximum Gasteiger partial charge on any atom is 0.311 e. The van der Waals surface area contributed by atoms with Crippen LogP contribution >= 0.6 is 22.7 Å². The van der Waals surface area contributed by atoms with Gasteiger partial charge in [-0.05, 0) is 36.9 Å². The van der Waals surface area contributed by atoms with Crippen molar-refractivity contribution in [3.05, 3.63) is 80.5 Å². The molecule has 0 atom stereocenters. The van der Waals surface area contributed by atoms with E-state index in [9.17, 15) is 9.59 Å². The van der Waals surface area contributed by atoms with Gasteiger partial charge in [0.15, 0.2) is 0 Å². The molecule has 8 heteroatoms. The minimum absolute atomic E-state index is 0.0126. The summed E-state index contributed by atoms with van der Waals surface area (Å²) in [6, 6.07) is 15.6. The van der Waals surface area contributed by atoms with Crippen LogP contribution in [-0.2, 0) is 22.5 Å². The number of aryl methyl sites for hydroxylation is 1. The molecule has 0 spiro atoms. The first-order valence-electron chi connectivity index (χ1n) is 10.6. The molecule has 0 unspecified atom stereocenters. The third-order valence-electron chi connectivity index (χ3n) is 5.47. The summed E-state index contributed by atoms with van der Waals surface area (Å²) in [6.07, 6.45) is 0.0126. The number of benzene rings is 2. The molecule has 3 heterocycles. The fraction of sp³-hybridized carbons (Fsp3) is 0.200. The molecule has 5 aromatic rings. The largest absolute Gasteiger partial charge is 0.466 e. The van der Waals surface area contributed by atoms with Crippen molar-refractivity contribution in [3.8, 4) is 10.6 Å². The van der Waals surface area contributed by atoms with E-state index in [-0.39, 0.29) is 24.5 Å². The number of carbonyl (C=O) groups excluding carboxylic acids is 1. The van der Waals surface area contributed by atoms with Crippen LogP contribution in [0.5, 0.6) is 0 Å². The summed E-state index contributed by atoms with van der Waals surface area (Å²) in [5, 5.41) is 9.78. The number of hydrogen-bond acceptors (Lipinski definition) is 7. The normalized spacial score (nSPS) is 11.3. The van der Waals surface area contributed by atoms with E-state index in [2.05, 4.69) is 24.2 Å². The van der Waals surface area contributed by atoms with Gasteiger partial charge in [-0.15, -0.1) is 22.7 Å². The number of thiazole rings is 1. The van der Waals surface area contributed by atoms with Crippen molar-refractivity contribution in [1.82, 2.24) is 14.8 Å². The van der Waals surface area contributed by atoms with Crippen LogP contribution in [0.4, 0.5) is 0 Å². The van der Waals surface area contributed by atoms with Crippen LogP contribution in [0.3, 0.4) is 0 Å². The predicted octanol–water partition coefficient (Wildman–Crippen LogP) is 5.20. The minimum atomic E-state index is -0.364. The number of carbonyl (C=O) groups is 1. The topological polar surface area (TPSA) is 74.1 Å². The van der Waals surface area contributed by atoms with Gasteiger partial charge in [-0.3, -0.25) is 9.59 Å². The average molecular weight is 476 g/mol. The maximum atomic E-state index is 13.1. The molecule has 33 heavy (non-hydrogen) atoms. The molecule has 0 radical (unpaired) electrons. The number of aromatic nitrogens is 3. The fourth-order valence-corrected chi connectivity index (χ4v) is 5.94. The molecule has 0 bridgehead atoms. The molecule has 0 aliphatic heterocycles. The molecule has 0 amide bonds. The third-order valence-corrected chi connectivity index (χ3v) is 7.60. The van der Waals surface area contributed by atoms with Crippen molar-refractivity contribution in [2.45, 2.75) is 26.8 Å². The molecule has 3 aromatic heterocycles. The summed E-state index contributed by atoms with van der Waals surface area (Å²) in [5.74, 6) is -0.364. The summed E-state index contributed by atoms with van der Waals surface area (Å²) in [4.78, 5) is 31.2. The Morgan fingerprint density at radius 2 is 1.79 bits per heavy atom. The first-order chi connectivity index (χ1) is 16.0. The predicted molar refractivity (Wildman–Crippen MR) is 133 cm³/mol. The van der Waals surface area contributed by atoms with E-state index in [0.717, 1.165) is 15.6 Å². The first-order valence-corrected chi connectivity index (χ1v) is 12.3.